The van der Waals surface area contributed by atoms with Gasteiger partial charge in [0.05, 0.1) is 19.6 Å². The number of hydrogen-bond donors (Lipinski definition) is 0. The maximum absolute atomic E-state index is 13.2. The van der Waals surface area contributed by atoms with Crippen LogP contribution in [0.5, 0.6) is 28.7 Å². The zero-order valence-corrected chi connectivity index (χ0v) is 21.2. The molecule has 5 rings (SSSR count). The van der Waals surface area contributed by atoms with E-state index in [0.29, 0.717) is 51.7 Å². The minimum absolute atomic E-state index is 0.335. The van der Waals surface area contributed by atoms with E-state index in [4.69, 9.17) is 23.4 Å². The second kappa shape index (κ2) is 11.4. The third kappa shape index (κ3) is 5.73. The number of piperidine rings is 1. The van der Waals surface area contributed by atoms with Crippen molar-refractivity contribution in [1.29, 1.82) is 0 Å². The molecule has 4 aromatic rings. The Hall–Kier alpha value is -3.97. The Morgan fingerprint density at radius 1 is 0.784 bits per heavy atom. The Labute approximate surface area is 216 Å². The lowest BCUT2D eigenvalue weighted by atomic mass is 10.0. The van der Waals surface area contributed by atoms with E-state index in [0.717, 1.165) is 25.4 Å². The van der Waals surface area contributed by atoms with E-state index in [1.54, 1.807) is 32.4 Å². The van der Waals surface area contributed by atoms with Crippen LogP contribution in [0.2, 0.25) is 0 Å². The molecule has 1 aliphatic heterocycles. The molecule has 37 heavy (non-hydrogen) atoms. The molecule has 0 saturated carbocycles. The van der Waals surface area contributed by atoms with Gasteiger partial charge in [0.1, 0.15) is 40.8 Å². The zero-order valence-electron chi connectivity index (χ0n) is 21.2. The van der Waals surface area contributed by atoms with Gasteiger partial charge in [-0.05, 0) is 80.0 Å². The summed E-state index contributed by atoms with van der Waals surface area (Å²) in [6.45, 7) is 3.88. The summed E-state index contributed by atoms with van der Waals surface area (Å²) in [5.74, 6) is 3.06. The Morgan fingerprint density at radius 3 is 2.14 bits per heavy atom. The number of benzene rings is 3. The fraction of sp³-hybridized carbons (Fsp3) is 0.300. The van der Waals surface area contributed by atoms with Gasteiger partial charge in [-0.2, -0.15) is 0 Å². The van der Waals surface area contributed by atoms with E-state index in [-0.39, 0.29) is 0 Å². The summed E-state index contributed by atoms with van der Waals surface area (Å²) in [5, 5.41) is 0.660. The number of likely N-dealkylation sites (tertiary alicyclic amines) is 1. The SMILES string of the molecule is COc1ccc(-c2c(Oc3ccc(OCCN4CCCCC4)cc3)c3ccc(OC)cc3oc2=O)cc1. The van der Waals surface area contributed by atoms with E-state index in [9.17, 15) is 4.79 Å². The zero-order chi connectivity index (χ0) is 25.6. The minimum Gasteiger partial charge on any atom is -0.497 e. The van der Waals surface area contributed by atoms with Crippen molar-refractivity contribution in [2.24, 2.45) is 0 Å². The molecule has 0 bridgehead atoms. The molecule has 0 radical (unpaired) electrons. The van der Waals surface area contributed by atoms with Crippen LogP contribution in [0.15, 0.2) is 75.9 Å². The molecule has 7 heteroatoms. The molecule has 0 amide bonds. The largest absolute Gasteiger partial charge is 0.497 e. The van der Waals surface area contributed by atoms with Gasteiger partial charge in [-0.25, -0.2) is 4.79 Å². The number of hydrogen-bond acceptors (Lipinski definition) is 7. The molecule has 1 fully saturated rings. The second-order valence-corrected chi connectivity index (χ2v) is 9.01. The maximum Gasteiger partial charge on any atom is 0.348 e. The van der Waals surface area contributed by atoms with Crippen molar-refractivity contribution in [2.45, 2.75) is 19.3 Å². The van der Waals surface area contributed by atoms with Crippen molar-refractivity contribution in [3.05, 3.63) is 77.2 Å². The van der Waals surface area contributed by atoms with Gasteiger partial charge in [0.15, 0.2) is 5.75 Å². The molecule has 192 valence electrons. The molecule has 0 atom stereocenters. The standard InChI is InChI=1S/C30H31NO6/c1-33-22-8-6-21(7-9-22)28-29(26-15-14-25(34-2)20-27(26)37-30(28)32)36-24-12-10-23(11-13-24)35-19-18-31-16-4-3-5-17-31/h6-15,20H,3-5,16-19H2,1-2H3. The van der Waals surface area contributed by atoms with Gasteiger partial charge in [-0.3, -0.25) is 4.90 Å². The van der Waals surface area contributed by atoms with Crippen LogP contribution < -0.4 is 24.6 Å². The summed E-state index contributed by atoms with van der Waals surface area (Å²) in [6, 6.07) is 20.0. The van der Waals surface area contributed by atoms with Crippen LogP contribution in [0.25, 0.3) is 22.1 Å². The lowest BCUT2D eigenvalue weighted by molar-refractivity contribution is 0.183. The smallest absolute Gasteiger partial charge is 0.348 e. The molecule has 7 nitrogen and oxygen atoms in total. The normalized spacial score (nSPS) is 13.9. The van der Waals surface area contributed by atoms with Crippen LogP contribution in [0.3, 0.4) is 0 Å². The average molecular weight is 502 g/mol. The molecule has 1 aliphatic rings. The summed E-state index contributed by atoms with van der Waals surface area (Å²) >= 11 is 0. The van der Waals surface area contributed by atoms with Crippen LogP contribution in [-0.2, 0) is 0 Å². The molecule has 0 aliphatic carbocycles. The molecular formula is C30H31NO6. The van der Waals surface area contributed by atoms with Crippen LogP contribution in [-0.4, -0.2) is 45.4 Å². The Kier molecular flexibility index (Phi) is 7.61. The summed E-state index contributed by atoms with van der Waals surface area (Å²) in [7, 11) is 3.17. The van der Waals surface area contributed by atoms with Crippen LogP contribution in [0, 0.1) is 0 Å². The van der Waals surface area contributed by atoms with Crippen LogP contribution in [0.1, 0.15) is 19.3 Å². The van der Waals surface area contributed by atoms with Crippen molar-refractivity contribution < 1.29 is 23.4 Å². The van der Waals surface area contributed by atoms with E-state index in [1.165, 1.54) is 19.3 Å². The number of fused-ring (bicyclic) bond motifs is 1. The molecule has 1 saturated heterocycles. The Balaban J connectivity index is 1.42. The molecule has 1 aromatic heterocycles. The number of rotatable bonds is 9. The molecule has 0 spiro atoms. The van der Waals surface area contributed by atoms with E-state index in [2.05, 4.69) is 4.90 Å². The van der Waals surface area contributed by atoms with Crippen molar-refractivity contribution in [2.75, 3.05) is 40.5 Å². The number of nitrogens with zero attached hydrogens (tertiary/aromatic N) is 1. The first-order valence-corrected chi connectivity index (χ1v) is 12.6. The fourth-order valence-electron chi connectivity index (χ4n) is 4.59. The third-order valence-corrected chi connectivity index (χ3v) is 6.61. The van der Waals surface area contributed by atoms with Gasteiger partial charge in [-0.1, -0.05) is 18.6 Å². The van der Waals surface area contributed by atoms with Gasteiger partial charge in [-0.15, -0.1) is 0 Å². The molecule has 0 unspecified atom stereocenters. The highest BCUT2D eigenvalue weighted by Gasteiger charge is 2.20. The Morgan fingerprint density at radius 2 is 1.43 bits per heavy atom. The predicted octanol–water partition coefficient (Wildman–Crippen LogP) is 6.13. The second-order valence-electron chi connectivity index (χ2n) is 9.01. The highest BCUT2D eigenvalue weighted by Crippen LogP contribution is 2.39. The highest BCUT2D eigenvalue weighted by molar-refractivity contribution is 5.91. The lowest BCUT2D eigenvalue weighted by Crippen LogP contribution is -2.33. The highest BCUT2D eigenvalue weighted by atomic mass is 16.5. The summed E-state index contributed by atoms with van der Waals surface area (Å²) in [4.78, 5) is 15.6. The molecule has 2 heterocycles. The summed E-state index contributed by atoms with van der Waals surface area (Å²) < 4.78 is 28.6. The first-order chi connectivity index (χ1) is 18.1. The van der Waals surface area contributed by atoms with Crippen molar-refractivity contribution in [1.82, 2.24) is 4.90 Å². The molecule has 0 N–H and O–H groups in total. The molecule has 3 aromatic carbocycles. The fourth-order valence-corrected chi connectivity index (χ4v) is 4.59. The molecular weight excluding hydrogens is 470 g/mol. The maximum atomic E-state index is 13.2. The van der Waals surface area contributed by atoms with Crippen molar-refractivity contribution in [3.8, 4) is 39.9 Å². The van der Waals surface area contributed by atoms with E-state index < -0.39 is 5.63 Å². The van der Waals surface area contributed by atoms with Gasteiger partial charge in [0.25, 0.3) is 0 Å². The Bertz CT molecular complexity index is 1390. The predicted molar refractivity (Wildman–Crippen MR) is 143 cm³/mol. The average Bonchev–Trinajstić information content (AvgIpc) is 2.94. The first kappa shape index (κ1) is 24.7. The van der Waals surface area contributed by atoms with E-state index in [1.807, 2.05) is 48.5 Å². The number of methoxy groups -OCH3 is 2. The van der Waals surface area contributed by atoms with Crippen LogP contribution in [0.4, 0.5) is 0 Å². The van der Waals surface area contributed by atoms with Gasteiger partial charge in [0, 0.05) is 12.6 Å². The first-order valence-electron chi connectivity index (χ1n) is 12.6. The van der Waals surface area contributed by atoms with Crippen LogP contribution >= 0.6 is 0 Å². The third-order valence-electron chi connectivity index (χ3n) is 6.61. The topological polar surface area (TPSA) is 70.4 Å². The van der Waals surface area contributed by atoms with Gasteiger partial charge >= 0.3 is 5.63 Å². The summed E-state index contributed by atoms with van der Waals surface area (Å²) in [6.07, 6.45) is 3.86. The van der Waals surface area contributed by atoms with Crippen molar-refractivity contribution in [3.63, 3.8) is 0 Å². The quantitative estimate of drug-likeness (QED) is 0.255. The minimum atomic E-state index is -0.501. The van der Waals surface area contributed by atoms with Gasteiger partial charge < -0.3 is 23.4 Å². The summed E-state index contributed by atoms with van der Waals surface area (Å²) in [5.41, 5.74) is 0.884. The lowest BCUT2D eigenvalue weighted by Gasteiger charge is -2.26. The van der Waals surface area contributed by atoms with Crippen molar-refractivity contribution >= 4 is 11.0 Å². The monoisotopic (exact) mass is 501 g/mol. The van der Waals surface area contributed by atoms with Gasteiger partial charge in [0.2, 0.25) is 0 Å². The number of ether oxygens (including phenoxy) is 4. The van der Waals surface area contributed by atoms with E-state index >= 15 is 0 Å².